The van der Waals surface area contributed by atoms with Crippen molar-refractivity contribution in [3.63, 3.8) is 0 Å². The topological polar surface area (TPSA) is 114 Å². The molecule has 2 amide bonds. The molecule has 164 valence electrons. The second-order valence-corrected chi connectivity index (χ2v) is 7.76. The summed E-state index contributed by atoms with van der Waals surface area (Å²) < 4.78 is 11.0. The van der Waals surface area contributed by atoms with Crippen molar-refractivity contribution in [1.82, 2.24) is 10.6 Å². The van der Waals surface area contributed by atoms with Gasteiger partial charge in [-0.2, -0.15) is 0 Å². The van der Waals surface area contributed by atoms with Crippen LogP contribution in [0.15, 0.2) is 12.2 Å². The molecular weight excluding hydrogens is 376 g/mol. The zero-order chi connectivity index (χ0) is 21.1. The van der Waals surface area contributed by atoms with Gasteiger partial charge in [0.1, 0.15) is 0 Å². The molecule has 4 atom stereocenters. The summed E-state index contributed by atoms with van der Waals surface area (Å²) in [6.45, 7) is 2.80. The number of ether oxygens (including phenoxy) is 2. The maximum Gasteiger partial charge on any atom is 0.407 e. The molecule has 0 aliphatic carbocycles. The fraction of sp³-hybridized carbons (Fsp3) is 0.762. The Kier molecular flexibility index (Phi) is 9.97. The number of unbranched alkanes of at least 4 members (excludes halogenated alkanes) is 2. The molecule has 2 heterocycles. The van der Waals surface area contributed by atoms with Gasteiger partial charge in [-0.25, -0.2) is 4.79 Å². The molecule has 2 saturated heterocycles. The Morgan fingerprint density at radius 3 is 2.59 bits per heavy atom. The molecule has 8 heteroatoms. The molecule has 0 spiro atoms. The molecule has 2 aliphatic rings. The number of carbonyl (C=O) groups is 3. The molecule has 2 rings (SSSR count). The summed E-state index contributed by atoms with van der Waals surface area (Å²) in [5, 5.41) is 14.0. The lowest BCUT2D eigenvalue weighted by molar-refractivity contribution is -0.137. The third-order valence-corrected chi connectivity index (χ3v) is 5.59. The van der Waals surface area contributed by atoms with E-state index in [-0.39, 0.29) is 37.0 Å². The van der Waals surface area contributed by atoms with Gasteiger partial charge in [0.05, 0.1) is 25.4 Å². The number of nitrogens with one attached hydrogen (secondary N) is 2. The number of hydrogen-bond donors (Lipinski definition) is 3. The third kappa shape index (κ3) is 8.04. The average molecular weight is 411 g/mol. The standard InChI is InChI=1S/C21H34N2O6/c1-2-3-12-28-21(27)23-14-19(24)22-13-16-15(17-10-11-18(16)29-17)8-6-4-5-7-9-20(25)26/h4,6,15-18H,2-3,5,7-14H2,1H3,(H,22,24)(H,23,27)(H,25,26)/b6-4+. The Morgan fingerprint density at radius 1 is 1.10 bits per heavy atom. The zero-order valence-corrected chi connectivity index (χ0v) is 17.2. The fourth-order valence-electron chi connectivity index (χ4n) is 4.03. The maximum absolute atomic E-state index is 12.1. The molecule has 2 bridgehead atoms. The van der Waals surface area contributed by atoms with E-state index in [2.05, 4.69) is 16.7 Å². The van der Waals surface area contributed by atoms with E-state index in [4.69, 9.17) is 14.6 Å². The van der Waals surface area contributed by atoms with Crippen LogP contribution in [0.25, 0.3) is 0 Å². The fourth-order valence-corrected chi connectivity index (χ4v) is 4.03. The normalized spacial score (nSPS) is 25.3. The second kappa shape index (κ2) is 12.5. The van der Waals surface area contributed by atoms with Crippen LogP contribution in [0.5, 0.6) is 0 Å². The minimum atomic E-state index is -0.764. The van der Waals surface area contributed by atoms with Crippen molar-refractivity contribution in [2.24, 2.45) is 11.8 Å². The van der Waals surface area contributed by atoms with Crippen LogP contribution in [-0.4, -0.2) is 55.0 Å². The first-order valence-electron chi connectivity index (χ1n) is 10.7. The Bertz CT molecular complexity index is 580. The highest BCUT2D eigenvalue weighted by Gasteiger charge is 2.47. The summed E-state index contributed by atoms with van der Waals surface area (Å²) in [6.07, 6.45) is 10.3. The van der Waals surface area contributed by atoms with Crippen LogP contribution in [0.1, 0.15) is 58.3 Å². The molecule has 0 aromatic rings. The van der Waals surface area contributed by atoms with Gasteiger partial charge in [-0.3, -0.25) is 9.59 Å². The van der Waals surface area contributed by atoms with Crippen LogP contribution in [0, 0.1) is 11.8 Å². The summed E-state index contributed by atoms with van der Waals surface area (Å²) in [6, 6.07) is 0. The Morgan fingerprint density at radius 2 is 1.86 bits per heavy atom. The van der Waals surface area contributed by atoms with E-state index >= 15 is 0 Å². The minimum absolute atomic E-state index is 0.0965. The molecule has 0 radical (unpaired) electrons. The SMILES string of the molecule is CCCCOC(=O)NCC(=O)NCC1C2CCC(O2)C1C/C=C/CCCC(=O)O. The van der Waals surface area contributed by atoms with Crippen molar-refractivity contribution in [2.75, 3.05) is 19.7 Å². The van der Waals surface area contributed by atoms with Gasteiger partial charge in [-0.05, 0) is 44.4 Å². The summed E-state index contributed by atoms with van der Waals surface area (Å²) in [7, 11) is 0. The molecule has 0 saturated carbocycles. The van der Waals surface area contributed by atoms with Crippen LogP contribution in [0.4, 0.5) is 4.79 Å². The molecule has 0 aromatic carbocycles. The second-order valence-electron chi connectivity index (χ2n) is 7.76. The molecule has 0 aromatic heterocycles. The van der Waals surface area contributed by atoms with Gasteiger partial charge in [0.2, 0.25) is 5.91 Å². The molecule has 3 N–H and O–H groups in total. The van der Waals surface area contributed by atoms with Gasteiger partial charge in [-0.1, -0.05) is 25.5 Å². The summed E-state index contributed by atoms with van der Waals surface area (Å²) in [4.78, 5) is 34.1. The number of aliphatic carboxylic acids is 1. The number of carboxylic acids is 1. The van der Waals surface area contributed by atoms with E-state index in [9.17, 15) is 14.4 Å². The average Bonchev–Trinajstić information content (AvgIpc) is 3.29. The number of amides is 2. The number of carboxylic acid groups (broad SMARTS) is 1. The van der Waals surface area contributed by atoms with Crippen LogP contribution in [-0.2, 0) is 19.1 Å². The van der Waals surface area contributed by atoms with Gasteiger partial charge in [0.25, 0.3) is 0 Å². The van der Waals surface area contributed by atoms with Crippen LogP contribution < -0.4 is 10.6 Å². The number of allylic oxidation sites excluding steroid dienone is 2. The highest BCUT2D eigenvalue weighted by Crippen LogP contribution is 2.44. The van der Waals surface area contributed by atoms with Gasteiger partial charge in [0.15, 0.2) is 0 Å². The van der Waals surface area contributed by atoms with Crippen molar-refractivity contribution in [2.45, 2.75) is 70.5 Å². The summed E-state index contributed by atoms with van der Waals surface area (Å²) in [5.74, 6) is -0.378. The molecule has 2 aliphatic heterocycles. The first kappa shape index (κ1) is 23.2. The number of carbonyl (C=O) groups excluding carboxylic acids is 2. The van der Waals surface area contributed by atoms with Crippen molar-refractivity contribution in [1.29, 1.82) is 0 Å². The van der Waals surface area contributed by atoms with Gasteiger partial charge >= 0.3 is 12.1 Å². The van der Waals surface area contributed by atoms with Crippen LogP contribution >= 0.6 is 0 Å². The Hall–Kier alpha value is -2.09. The largest absolute Gasteiger partial charge is 0.481 e. The number of fused-ring (bicyclic) bond motifs is 2. The smallest absolute Gasteiger partial charge is 0.407 e. The quantitative estimate of drug-likeness (QED) is 0.318. The predicted molar refractivity (Wildman–Crippen MR) is 107 cm³/mol. The molecular formula is C21H34N2O6. The van der Waals surface area contributed by atoms with Gasteiger partial charge < -0.3 is 25.2 Å². The zero-order valence-electron chi connectivity index (χ0n) is 17.2. The first-order chi connectivity index (χ1) is 14.0. The van der Waals surface area contributed by atoms with E-state index < -0.39 is 12.1 Å². The Labute approximate surface area is 172 Å². The highest BCUT2D eigenvalue weighted by atomic mass is 16.5. The molecule has 29 heavy (non-hydrogen) atoms. The predicted octanol–water partition coefficient (Wildman–Crippen LogP) is 2.62. The van der Waals surface area contributed by atoms with E-state index in [1.165, 1.54) is 0 Å². The van der Waals surface area contributed by atoms with E-state index in [1.807, 2.05) is 13.0 Å². The molecule has 4 unspecified atom stereocenters. The lowest BCUT2D eigenvalue weighted by atomic mass is 9.77. The van der Waals surface area contributed by atoms with Gasteiger partial charge in [0, 0.05) is 18.9 Å². The van der Waals surface area contributed by atoms with Gasteiger partial charge in [-0.15, -0.1) is 0 Å². The minimum Gasteiger partial charge on any atom is -0.481 e. The molecule has 2 fully saturated rings. The van der Waals surface area contributed by atoms with E-state index in [1.54, 1.807) is 0 Å². The highest BCUT2D eigenvalue weighted by molar-refractivity contribution is 5.82. The van der Waals surface area contributed by atoms with Crippen molar-refractivity contribution >= 4 is 18.0 Å². The van der Waals surface area contributed by atoms with Crippen molar-refractivity contribution < 1.29 is 29.0 Å². The lowest BCUT2D eigenvalue weighted by Crippen LogP contribution is -2.42. The van der Waals surface area contributed by atoms with E-state index in [0.29, 0.717) is 25.5 Å². The number of hydrogen-bond acceptors (Lipinski definition) is 5. The van der Waals surface area contributed by atoms with Crippen LogP contribution in [0.2, 0.25) is 0 Å². The monoisotopic (exact) mass is 410 g/mol. The van der Waals surface area contributed by atoms with Crippen molar-refractivity contribution in [3.8, 4) is 0 Å². The Balaban J connectivity index is 1.68. The lowest BCUT2D eigenvalue weighted by Gasteiger charge is -2.27. The number of alkyl carbamates (subject to hydrolysis) is 1. The van der Waals surface area contributed by atoms with Crippen molar-refractivity contribution in [3.05, 3.63) is 12.2 Å². The first-order valence-corrected chi connectivity index (χ1v) is 10.7. The summed E-state index contributed by atoms with van der Waals surface area (Å²) >= 11 is 0. The van der Waals surface area contributed by atoms with Crippen LogP contribution in [0.3, 0.4) is 0 Å². The molecule has 8 nitrogen and oxygen atoms in total. The summed E-state index contributed by atoms with van der Waals surface area (Å²) in [5.41, 5.74) is 0. The number of rotatable bonds is 13. The maximum atomic E-state index is 12.1. The van der Waals surface area contributed by atoms with E-state index in [0.717, 1.165) is 38.5 Å². The third-order valence-electron chi connectivity index (χ3n) is 5.59.